The summed E-state index contributed by atoms with van der Waals surface area (Å²) >= 11 is 0. The summed E-state index contributed by atoms with van der Waals surface area (Å²) in [5.41, 5.74) is 1.53. The highest BCUT2D eigenvalue weighted by atomic mass is 16.5. The number of amides is 4. The quantitative estimate of drug-likeness (QED) is 0.300. The van der Waals surface area contributed by atoms with Gasteiger partial charge in [0.15, 0.2) is 0 Å². The maximum atomic E-state index is 13.8. The molecule has 4 amide bonds. The van der Waals surface area contributed by atoms with E-state index in [0.29, 0.717) is 11.1 Å². The van der Waals surface area contributed by atoms with Gasteiger partial charge in [0.25, 0.3) is 17.7 Å². The van der Waals surface area contributed by atoms with Crippen molar-refractivity contribution in [3.63, 3.8) is 0 Å². The molecule has 40 heavy (non-hydrogen) atoms. The number of aromatic hydroxyl groups is 1. The van der Waals surface area contributed by atoms with Gasteiger partial charge in [0.2, 0.25) is 5.91 Å². The molecular formula is C27H30N4O9. The van der Waals surface area contributed by atoms with E-state index < -0.39 is 54.6 Å². The first-order valence-electron chi connectivity index (χ1n) is 12.2. The van der Waals surface area contributed by atoms with Crippen LogP contribution in [-0.4, -0.2) is 85.0 Å². The fourth-order valence-electron chi connectivity index (χ4n) is 4.34. The van der Waals surface area contributed by atoms with Gasteiger partial charge in [-0.15, -0.1) is 0 Å². The highest BCUT2D eigenvalue weighted by molar-refractivity contribution is 6.11. The molecule has 13 nitrogen and oxygen atoms in total. The summed E-state index contributed by atoms with van der Waals surface area (Å²) < 4.78 is 5.00. The normalized spacial score (nSPS) is 15.5. The summed E-state index contributed by atoms with van der Waals surface area (Å²) in [6.45, 7) is 2.00. The molecular weight excluding hydrogens is 524 g/mol. The van der Waals surface area contributed by atoms with E-state index in [1.807, 2.05) is 0 Å². The second-order valence-corrected chi connectivity index (χ2v) is 9.24. The smallest absolute Gasteiger partial charge is 0.305 e. The molecule has 13 heteroatoms. The average Bonchev–Trinajstić information content (AvgIpc) is 3.01. The zero-order chi connectivity index (χ0) is 29.6. The van der Waals surface area contributed by atoms with Gasteiger partial charge >= 0.3 is 5.97 Å². The summed E-state index contributed by atoms with van der Waals surface area (Å²) in [4.78, 5) is 77.5. The van der Waals surface area contributed by atoms with Crippen molar-refractivity contribution in [3.05, 3.63) is 53.1 Å². The number of methoxy groups -OCH3 is 1. The number of phenols is 1. The molecule has 0 unspecified atom stereocenters. The highest BCUT2D eigenvalue weighted by Crippen LogP contribution is 2.33. The van der Waals surface area contributed by atoms with E-state index in [1.165, 1.54) is 30.2 Å². The third kappa shape index (κ3) is 6.80. The lowest BCUT2D eigenvalue weighted by Gasteiger charge is -2.25. The van der Waals surface area contributed by atoms with Crippen LogP contribution in [0.3, 0.4) is 0 Å². The number of carboxylic acid groups (broad SMARTS) is 1. The van der Waals surface area contributed by atoms with Gasteiger partial charge in [-0.3, -0.25) is 28.9 Å². The van der Waals surface area contributed by atoms with E-state index >= 15 is 0 Å². The number of phenolic OH excluding ortho intramolecular Hbond substituents is 1. The Morgan fingerprint density at radius 2 is 1.75 bits per heavy atom. The summed E-state index contributed by atoms with van der Waals surface area (Å²) in [6.07, 6.45) is -0.372. The standard InChI is InChI=1S/C27H30N4O9/c1-15-8-17(9-16(2)25(15)37)26(38)29-19-11-30(23(34)14-40-3)20-6-4-5-7-21(20)31(27(19)39)12-22(33)28-18(13-32)10-24(35)36/h4-9,13,18-19,37H,10-12,14H2,1-3H3,(H,28,33)(H,29,38)(H,35,36)/t18-,19-/m0/s1. The van der Waals surface area contributed by atoms with Gasteiger partial charge in [0, 0.05) is 12.7 Å². The number of aldehydes is 1. The van der Waals surface area contributed by atoms with Crippen molar-refractivity contribution in [1.29, 1.82) is 0 Å². The third-order valence-electron chi connectivity index (χ3n) is 6.23. The molecule has 4 N–H and O–H groups in total. The van der Waals surface area contributed by atoms with E-state index in [4.69, 9.17) is 9.84 Å². The van der Waals surface area contributed by atoms with E-state index in [9.17, 15) is 33.9 Å². The Morgan fingerprint density at radius 1 is 1.12 bits per heavy atom. The molecule has 3 rings (SSSR count). The number of carbonyl (C=O) groups excluding carboxylic acids is 5. The van der Waals surface area contributed by atoms with Crippen molar-refractivity contribution in [1.82, 2.24) is 10.6 Å². The molecule has 0 radical (unpaired) electrons. The van der Waals surface area contributed by atoms with Crippen molar-refractivity contribution < 1.29 is 43.7 Å². The van der Waals surface area contributed by atoms with E-state index in [0.717, 1.165) is 4.90 Å². The number of aliphatic carboxylic acids is 1. The van der Waals surface area contributed by atoms with Crippen molar-refractivity contribution in [2.45, 2.75) is 32.4 Å². The van der Waals surface area contributed by atoms with Crippen LogP contribution in [0.5, 0.6) is 5.75 Å². The SMILES string of the molecule is COCC(=O)N1C[C@H](NC(=O)c2cc(C)c(O)c(C)c2)C(=O)N(CC(=O)N[C@H](C=O)CC(=O)O)c2ccccc21. The van der Waals surface area contributed by atoms with Gasteiger partial charge in [0.1, 0.15) is 31.2 Å². The summed E-state index contributed by atoms with van der Waals surface area (Å²) in [5.74, 6) is -3.98. The largest absolute Gasteiger partial charge is 0.507 e. The number of nitrogens with one attached hydrogen (secondary N) is 2. The number of anilines is 2. The summed E-state index contributed by atoms with van der Waals surface area (Å²) in [7, 11) is 1.33. The molecule has 0 saturated carbocycles. The van der Waals surface area contributed by atoms with Crippen LogP contribution in [0, 0.1) is 13.8 Å². The summed E-state index contributed by atoms with van der Waals surface area (Å²) in [5, 5.41) is 23.9. The van der Waals surface area contributed by atoms with Crippen LogP contribution in [0.4, 0.5) is 11.4 Å². The van der Waals surface area contributed by atoms with Gasteiger partial charge in [-0.05, 0) is 49.2 Å². The maximum Gasteiger partial charge on any atom is 0.305 e. The Hall–Kier alpha value is -4.78. The maximum absolute atomic E-state index is 13.8. The minimum Gasteiger partial charge on any atom is -0.507 e. The number of benzene rings is 2. The first kappa shape index (κ1) is 29.8. The molecule has 0 aromatic heterocycles. The molecule has 0 bridgehead atoms. The molecule has 1 aliphatic rings. The fourth-order valence-corrected chi connectivity index (χ4v) is 4.34. The predicted octanol–water partition coefficient (Wildman–Crippen LogP) is 0.292. The number of carbonyl (C=O) groups is 6. The summed E-state index contributed by atoms with van der Waals surface area (Å²) in [6, 6.07) is 6.57. The van der Waals surface area contributed by atoms with Crippen molar-refractivity contribution in [2.24, 2.45) is 0 Å². The Labute approximate surface area is 229 Å². The van der Waals surface area contributed by atoms with Crippen LogP contribution < -0.4 is 20.4 Å². The van der Waals surface area contributed by atoms with Gasteiger partial charge in [-0.2, -0.15) is 0 Å². The van der Waals surface area contributed by atoms with Crippen LogP contribution in [0.1, 0.15) is 27.9 Å². The average molecular weight is 555 g/mol. The zero-order valence-corrected chi connectivity index (χ0v) is 22.2. The molecule has 2 aromatic rings. The number of carboxylic acids is 1. The van der Waals surface area contributed by atoms with E-state index in [1.54, 1.807) is 32.0 Å². The molecule has 1 aliphatic heterocycles. The van der Waals surface area contributed by atoms with Crippen LogP contribution in [0.2, 0.25) is 0 Å². The third-order valence-corrected chi connectivity index (χ3v) is 6.23. The van der Waals surface area contributed by atoms with Crippen LogP contribution in [0.25, 0.3) is 0 Å². The van der Waals surface area contributed by atoms with E-state index in [-0.39, 0.29) is 42.1 Å². The van der Waals surface area contributed by atoms with Crippen LogP contribution >= 0.6 is 0 Å². The number of para-hydroxylation sites is 2. The van der Waals surface area contributed by atoms with Gasteiger partial charge < -0.3 is 35.3 Å². The molecule has 0 fully saturated rings. The van der Waals surface area contributed by atoms with Gasteiger partial charge in [-0.1, -0.05) is 12.1 Å². The zero-order valence-electron chi connectivity index (χ0n) is 22.2. The Morgan fingerprint density at radius 3 is 2.33 bits per heavy atom. The number of aryl methyl sites for hydroxylation is 2. The van der Waals surface area contributed by atoms with Gasteiger partial charge in [0.05, 0.1) is 30.4 Å². The molecule has 2 atom stereocenters. The molecule has 2 aromatic carbocycles. The lowest BCUT2D eigenvalue weighted by atomic mass is 10.0. The Kier molecular flexibility index (Phi) is 9.56. The number of rotatable bonds is 10. The number of fused-ring (bicyclic) bond motifs is 1. The van der Waals surface area contributed by atoms with E-state index in [2.05, 4.69) is 10.6 Å². The second kappa shape index (κ2) is 12.8. The van der Waals surface area contributed by atoms with Crippen molar-refractivity contribution in [3.8, 4) is 5.75 Å². The minimum absolute atomic E-state index is 0.0302. The number of nitrogens with zero attached hydrogens (tertiary/aromatic N) is 2. The van der Waals surface area contributed by atoms with Crippen LogP contribution in [0.15, 0.2) is 36.4 Å². The topological polar surface area (TPSA) is 183 Å². The lowest BCUT2D eigenvalue weighted by molar-refractivity contribution is -0.139. The van der Waals surface area contributed by atoms with Crippen LogP contribution in [-0.2, 0) is 28.7 Å². The monoisotopic (exact) mass is 554 g/mol. The molecule has 212 valence electrons. The number of hydrogen-bond acceptors (Lipinski definition) is 8. The molecule has 0 spiro atoms. The molecule has 0 aliphatic carbocycles. The first-order valence-corrected chi connectivity index (χ1v) is 12.2. The van der Waals surface area contributed by atoms with Crippen molar-refractivity contribution in [2.75, 3.05) is 36.6 Å². The highest BCUT2D eigenvalue weighted by Gasteiger charge is 2.38. The Bertz CT molecular complexity index is 1320. The predicted molar refractivity (Wildman–Crippen MR) is 142 cm³/mol. The Balaban J connectivity index is 2.00. The fraction of sp³-hybridized carbons (Fsp3) is 0.333. The first-order chi connectivity index (χ1) is 19.0. The lowest BCUT2D eigenvalue weighted by Crippen LogP contribution is -2.55. The van der Waals surface area contributed by atoms with Gasteiger partial charge in [-0.25, -0.2) is 0 Å². The minimum atomic E-state index is -1.32. The van der Waals surface area contributed by atoms with Crippen molar-refractivity contribution >= 4 is 47.3 Å². The number of ether oxygens (including phenoxy) is 1. The molecule has 0 saturated heterocycles. The second-order valence-electron chi connectivity index (χ2n) is 9.24. The number of hydrogen-bond donors (Lipinski definition) is 4. The molecule has 1 heterocycles.